The van der Waals surface area contributed by atoms with Crippen molar-refractivity contribution in [1.82, 2.24) is 20.1 Å². The molecule has 0 fully saturated rings. The molecule has 0 radical (unpaired) electrons. The van der Waals surface area contributed by atoms with Crippen molar-refractivity contribution in [2.45, 2.75) is 5.16 Å². The number of thioether (sulfide) groups is 1. The summed E-state index contributed by atoms with van der Waals surface area (Å²) in [5.74, 6) is 0.236. The van der Waals surface area contributed by atoms with Gasteiger partial charge in [-0.1, -0.05) is 36.0 Å². The molecule has 1 aromatic carbocycles. The van der Waals surface area contributed by atoms with E-state index in [2.05, 4.69) is 10.2 Å². The lowest BCUT2D eigenvalue weighted by Crippen LogP contribution is -2.36. The average Bonchev–Trinajstić information content (AvgIpc) is 3.22. The molecule has 122 valence electrons. The number of imide groups is 1. The average molecular weight is 359 g/mol. The van der Waals surface area contributed by atoms with E-state index in [1.165, 1.54) is 11.8 Å². The molecule has 0 saturated heterocycles. The molecule has 3 amide bonds. The van der Waals surface area contributed by atoms with Crippen LogP contribution in [0.4, 0.5) is 4.79 Å². The first-order chi connectivity index (χ1) is 11.6. The predicted octanol–water partition coefficient (Wildman–Crippen LogP) is 2.28. The molecule has 9 heteroatoms. The van der Waals surface area contributed by atoms with Crippen molar-refractivity contribution in [3.05, 3.63) is 47.8 Å². The van der Waals surface area contributed by atoms with Crippen LogP contribution in [0.5, 0.6) is 0 Å². The first-order valence-corrected chi connectivity index (χ1v) is 8.78. The number of thiophene rings is 1. The van der Waals surface area contributed by atoms with Crippen LogP contribution in [-0.2, 0) is 4.79 Å². The highest BCUT2D eigenvalue weighted by atomic mass is 32.2. The van der Waals surface area contributed by atoms with Crippen LogP contribution in [0.2, 0.25) is 0 Å². The molecular weight excluding hydrogens is 346 g/mol. The second-order valence-corrected chi connectivity index (χ2v) is 6.55. The summed E-state index contributed by atoms with van der Waals surface area (Å²) in [5, 5.41) is 13.0. The SMILES string of the molecule is NC(=O)NC(=O)CSc1nnc(-c2cccs2)n1-c1ccccc1. The molecule has 0 atom stereocenters. The minimum Gasteiger partial charge on any atom is -0.351 e. The van der Waals surface area contributed by atoms with Crippen LogP contribution in [0.15, 0.2) is 53.0 Å². The van der Waals surface area contributed by atoms with Crippen LogP contribution >= 0.6 is 23.1 Å². The summed E-state index contributed by atoms with van der Waals surface area (Å²) in [5.41, 5.74) is 5.83. The van der Waals surface area contributed by atoms with Gasteiger partial charge in [0.25, 0.3) is 0 Å². The number of nitrogens with two attached hydrogens (primary N) is 1. The Morgan fingerprint density at radius 3 is 2.62 bits per heavy atom. The molecule has 0 aliphatic rings. The quantitative estimate of drug-likeness (QED) is 0.680. The van der Waals surface area contributed by atoms with Crippen molar-refractivity contribution >= 4 is 35.0 Å². The number of nitrogens with zero attached hydrogens (tertiary/aromatic N) is 3. The van der Waals surface area contributed by atoms with Gasteiger partial charge in [0.1, 0.15) is 0 Å². The predicted molar refractivity (Wildman–Crippen MR) is 93.1 cm³/mol. The van der Waals surface area contributed by atoms with Crippen molar-refractivity contribution in [2.75, 3.05) is 5.75 Å². The number of nitrogens with one attached hydrogen (secondary N) is 1. The molecule has 0 saturated carbocycles. The Kier molecular flexibility index (Phi) is 4.92. The van der Waals surface area contributed by atoms with E-state index in [9.17, 15) is 9.59 Å². The summed E-state index contributed by atoms with van der Waals surface area (Å²) in [6.07, 6.45) is 0. The zero-order valence-corrected chi connectivity index (χ0v) is 14.0. The molecule has 0 aliphatic carbocycles. The van der Waals surface area contributed by atoms with Crippen molar-refractivity contribution in [2.24, 2.45) is 5.73 Å². The largest absolute Gasteiger partial charge is 0.351 e. The van der Waals surface area contributed by atoms with Crippen LogP contribution in [0, 0.1) is 0 Å². The summed E-state index contributed by atoms with van der Waals surface area (Å²) in [6, 6.07) is 12.7. The highest BCUT2D eigenvalue weighted by Gasteiger charge is 2.17. The van der Waals surface area contributed by atoms with Gasteiger partial charge in [0.15, 0.2) is 11.0 Å². The molecule has 0 bridgehead atoms. The van der Waals surface area contributed by atoms with Gasteiger partial charge >= 0.3 is 6.03 Å². The van der Waals surface area contributed by atoms with E-state index in [0.717, 1.165) is 10.6 Å². The second kappa shape index (κ2) is 7.28. The third-order valence-electron chi connectivity index (χ3n) is 2.98. The van der Waals surface area contributed by atoms with Crippen LogP contribution in [0.1, 0.15) is 0 Å². The van der Waals surface area contributed by atoms with E-state index in [1.807, 2.05) is 57.7 Å². The lowest BCUT2D eigenvalue weighted by atomic mass is 10.3. The zero-order chi connectivity index (χ0) is 16.9. The molecule has 3 aromatic rings. The van der Waals surface area contributed by atoms with Crippen molar-refractivity contribution in [3.63, 3.8) is 0 Å². The number of primary amides is 1. The fourth-order valence-corrected chi connectivity index (χ4v) is 3.49. The summed E-state index contributed by atoms with van der Waals surface area (Å²) in [4.78, 5) is 23.3. The number of rotatable bonds is 5. The number of urea groups is 1. The minimum absolute atomic E-state index is 0.0122. The molecule has 24 heavy (non-hydrogen) atoms. The normalized spacial score (nSPS) is 10.5. The van der Waals surface area contributed by atoms with Gasteiger partial charge in [0, 0.05) is 5.69 Å². The molecule has 3 rings (SSSR count). The molecule has 0 spiro atoms. The third kappa shape index (κ3) is 3.63. The van der Waals surface area contributed by atoms with E-state index in [-0.39, 0.29) is 5.75 Å². The van der Waals surface area contributed by atoms with E-state index in [4.69, 9.17) is 5.73 Å². The first kappa shape index (κ1) is 16.2. The number of hydrogen-bond acceptors (Lipinski definition) is 6. The highest BCUT2D eigenvalue weighted by molar-refractivity contribution is 7.99. The van der Waals surface area contributed by atoms with Gasteiger partial charge in [-0.2, -0.15) is 0 Å². The Bertz CT molecular complexity index is 846. The number of para-hydroxylation sites is 1. The van der Waals surface area contributed by atoms with Crippen LogP contribution in [0.3, 0.4) is 0 Å². The molecule has 3 N–H and O–H groups in total. The standard InChI is InChI=1S/C15H13N5O2S2/c16-14(22)17-12(21)9-24-15-19-18-13(11-7-4-8-23-11)20(15)10-5-2-1-3-6-10/h1-8H,9H2,(H3,16,17,21,22). The topological polar surface area (TPSA) is 103 Å². The number of hydrogen-bond donors (Lipinski definition) is 2. The maximum Gasteiger partial charge on any atom is 0.318 e. The lowest BCUT2D eigenvalue weighted by Gasteiger charge is -2.09. The van der Waals surface area contributed by atoms with Crippen molar-refractivity contribution in [3.8, 4) is 16.4 Å². The maximum atomic E-state index is 11.6. The number of carbonyl (C=O) groups is 2. The van der Waals surface area contributed by atoms with Crippen LogP contribution < -0.4 is 11.1 Å². The van der Waals surface area contributed by atoms with Gasteiger partial charge in [0.2, 0.25) is 5.91 Å². The summed E-state index contributed by atoms with van der Waals surface area (Å²) in [6.45, 7) is 0. The van der Waals surface area contributed by atoms with Gasteiger partial charge < -0.3 is 5.73 Å². The highest BCUT2D eigenvalue weighted by Crippen LogP contribution is 2.30. The van der Waals surface area contributed by atoms with Gasteiger partial charge in [-0.3, -0.25) is 14.7 Å². The molecular formula is C15H13N5O2S2. The summed E-state index contributed by atoms with van der Waals surface area (Å²) >= 11 is 2.74. The van der Waals surface area contributed by atoms with Gasteiger partial charge in [-0.15, -0.1) is 21.5 Å². The molecule has 7 nitrogen and oxygen atoms in total. The van der Waals surface area contributed by atoms with Gasteiger partial charge in [-0.05, 0) is 23.6 Å². The van der Waals surface area contributed by atoms with Gasteiger partial charge in [-0.25, -0.2) is 4.79 Å². The molecule has 0 unspecified atom stereocenters. The Morgan fingerprint density at radius 1 is 1.17 bits per heavy atom. The Balaban J connectivity index is 1.92. The molecule has 2 aromatic heterocycles. The lowest BCUT2D eigenvalue weighted by molar-refractivity contribution is -0.117. The Morgan fingerprint density at radius 2 is 1.96 bits per heavy atom. The van der Waals surface area contributed by atoms with Crippen molar-refractivity contribution in [1.29, 1.82) is 0 Å². The Labute approximate surface area is 145 Å². The molecule has 2 heterocycles. The van der Waals surface area contributed by atoms with Crippen LogP contribution in [0.25, 0.3) is 16.4 Å². The number of benzene rings is 1. The van der Waals surface area contributed by atoms with E-state index >= 15 is 0 Å². The minimum atomic E-state index is -0.871. The summed E-state index contributed by atoms with van der Waals surface area (Å²) in [7, 11) is 0. The van der Waals surface area contributed by atoms with Gasteiger partial charge in [0.05, 0.1) is 10.6 Å². The Hall–Kier alpha value is -2.65. The zero-order valence-electron chi connectivity index (χ0n) is 12.4. The summed E-state index contributed by atoms with van der Waals surface area (Å²) < 4.78 is 1.88. The number of carbonyl (C=O) groups excluding carboxylic acids is 2. The third-order valence-corrected chi connectivity index (χ3v) is 4.78. The maximum absolute atomic E-state index is 11.6. The van der Waals surface area contributed by atoms with E-state index in [0.29, 0.717) is 11.0 Å². The fraction of sp³-hybridized carbons (Fsp3) is 0.0667. The first-order valence-electron chi connectivity index (χ1n) is 6.92. The number of aromatic nitrogens is 3. The van der Waals surface area contributed by atoms with E-state index < -0.39 is 11.9 Å². The second-order valence-electron chi connectivity index (χ2n) is 4.66. The fourth-order valence-electron chi connectivity index (χ4n) is 2.04. The number of amides is 3. The molecule has 0 aliphatic heterocycles. The van der Waals surface area contributed by atoms with Crippen LogP contribution in [-0.4, -0.2) is 32.5 Å². The van der Waals surface area contributed by atoms with E-state index in [1.54, 1.807) is 11.3 Å². The van der Waals surface area contributed by atoms with Crippen molar-refractivity contribution < 1.29 is 9.59 Å². The smallest absolute Gasteiger partial charge is 0.318 e. The monoisotopic (exact) mass is 359 g/mol.